The van der Waals surface area contributed by atoms with Crippen molar-refractivity contribution in [2.45, 2.75) is 39.5 Å². The number of hydrogen-bond acceptors (Lipinski definition) is 1. The minimum atomic E-state index is 0.900. The topological polar surface area (TPSA) is 9.23 Å². The lowest BCUT2D eigenvalue weighted by molar-refractivity contribution is 0.477. The quantitative estimate of drug-likeness (QED) is 0.474. The lowest BCUT2D eigenvalue weighted by Crippen LogP contribution is -1.83. The predicted molar refractivity (Wildman–Crippen MR) is 69.4 cm³/mol. The Morgan fingerprint density at radius 3 is 2.50 bits per heavy atom. The molecule has 1 heteroatoms. The largest absolute Gasteiger partial charge is 0.465 e. The van der Waals surface area contributed by atoms with Crippen LogP contribution < -0.4 is 4.74 Å². The van der Waals surface area contributed by atoms with Crippen LogP contribution in [0.3, 0.4) is 0 Å². The van der Waals surface area contributed by atoms with Crippen molar-refractivity contribution in [3.05, 3.63) is 48.6 Å². The number of hydrogen-bond donors (Lipinski definition) is 0. The minimum absolute atomic E-state index is 0.900. The first-order valence-corrected chi connectivity index (χ1v) is 6.08. The third kappa shape index (κ3) is 5.01. The molecule has 16 heavy (non-hydrogen) atoms. The molecule has 0 aromatic heterocycles. The smallest absolute Gasteiger partial charge is 0.126 e. The average molecular weight is 217 g/mol. The Kier molecular flexibility index (Phi) is 6.39. The van der Waals surface area contributed by atoms with Crippen LogP contribution in [0, 0.1) is 6.42 Å². The molecular formula is C15H21O. The average Bonchev–Trinajstić information content (AvgIpc) is 2.34. The van der Waals surface area contributed by atoms with Gasteiger partial charge in [0.1, 0.15) is 5.75 Å². The summed E-state index contributed by atoms with van der Waals surface area (Å²) in [7, 11) is 0. The highest BCUT2D eigenvalue weighted by Crippen LogP contribution is 2.13. The van der Waals surface area contributed by atoms with Gasteiger partial charge in [-0.05, 0) is 43.0 Å². The van der Waals surface area contributed by atoms with Gasteiger partial charge in [-0.15, -0.1) is 0 Å². The zero-order chi connectivity index (χ0) is 11.6. The third-order valence-corrected chi connectivity index (χ3v) is 2.49. The molecule has 0 bridgehead atoms. The van der Waals surface area contributed by atoms with Crippen LogP contribution in [0.4, 0.5) is 0 Å². The van der Waals surface area contributed by atoms with E-state index in [2.05, 4.69) is 31.6 Å². The highest BCUT2D eigenvalue weighted by atomic mass is 16.5. The molecule has 1 rings (SSSR count). The van der Waals surface area contributed by atoms with Crippen LogP contribution in [-0.4, -0.2) is 0 Å². The van der Waals surface area contributed by atoms with Crippen LogP contribution in [0.2, 0.25) is 0 Å². The molecule has 0 heterocycles. The Morgan fingerprint density at radius 1 is 1.12 bits per heavy atom. The van der Waals surface area contributed by atoms with Crippen molar-refractivity contribution in [1.82, 2.24) is 0 Å². The monoisotopic (exact) mass is 217 g/mol. The second-order valence-corrected chi connectivity index (χ2v) is 3.84. The number of ether oxygens (including phenoxy) is 1. The molecule has 0 atom stereocenters. The first kappa shape index (κ1) is 12.8. The zero-order valence-electron chi connectivity index (χ0n) is 10.3. The standard InChI is InChI=1S/C15H21O/c1-3-5-6-7-8-13-16-15-11-9-14(4-2)10-12-15/h4,8-13H,3,5-7H2,1-2H3/b13-8+. The highest BCUT2D eigenvalue weighted by molar-refractivity contribution is 5.31. The zero-order valence-corrected chi connectivity index (χ0v) is 10.3. The SMILES string of the molecule is C[CH]c1ccc(O/C=C/CCCCC)cc1. The Morgan fingerprint density at radius 2 is 1.88 bits per heavy atom. The summed E-state index contributed by atoms with van der Waals surface area (Å²) in [6, 6.07) is 8.10. The number of unbranched alkanes of at least 4 members (excludes halogenated alkanes) is 3. The van der Waals surface area contributed by atoms with E-state index in [1.54, 1.807) is 6.26 Å². The summed E-state index contributed by atoms with van der Waals surface area (Å²) in [5.74, 6) is 0.900. The fraction of sp³-hybridized carbons (Fsp3) is 0.400. The third-order valence-electron chi connectivity index (χ3n) is 2.49. The van der Waals surface area contributed by atoms with E-state index in [-0.39, 0.29) is 0 Å². The van der Waals surface area contributed by atoms with Crippen LogP contribution in [0.25, 0.3) is 0 Å². The normalized spacial score (nSPS) is 10.9. The van der Waals surface area contributed by atoms with E-state index in [9.17, 15) is 0 Å². The fourth-order valence-electron chi connectivity index (χ4n) is 1.45. The molecule has 1 aromatic rings. The molecule has 0 aliphatic carbocycles. The predicted octanol–water partition coefficient (Wildman–Crippen LogP) is 4.73. The number of benzene rings is 1. The van der Waals surface area contributed by atoms with Gasteiger partial charge in [0.15, 0.2) is 0 Å². The van der Waals surface area contributed by atoms with Crippen LogP contribution in [0.15, 0.2) is 36.6 Å². The summed E-state index contributed by atoms with van der Waals surface area (Å²) in [4.78, 5) is 0. The molecule has 0 spiro atoms. The number of allylic oxidation sites excluding steroid dienone is 1. The molecule has 0 unspecified atom stereocenters. The lowest BCUT2D eigenvalue weighted by atomic mass is 10.2. The van der Waals surface area contributed by atoms with Crippen molar-refractivity contribution in [2.75, 3.05) is 0 Å². The second kappa shape index (κ2) is 7.98. The molecule has 0 aliphatic rings. The second-order valence-electron chi connectivity index (χ2n) is 3.84. The Labute approximate surface area is 99.1 Å². The summed E-state index contributed by atoms with van der Waals surface area (Å²) in [6.07, 6.45) is 10.9. The molecule has 1 aromatic carbocycles. The van der Waals surface area contributed by atoms with Gasteiger partial charge >= 0.3 is 0 Å². The maximum absolute atomic E-state index is 5.49. The van der Waals surface area contributed by atoms with Crippen molar-refractivity contribution < 1.29 is 4.74 Å². The summed E-state index contributed by atoms with van der Waals surface area (Å²) in [5, 5.41) is 0. The van der Waals surface area contributed by atoms with Crippen molar-refractivity contribution in [3.63, 3.8) is 0 Å². The molecule has 0 saturated heterocycles. The maximum Gasteiger partial charge on any atom is 0.126 e. The van der Waals surface area contributed by atoms with Gasteiger partial charge in [0.25, 0.3) is 0 Å². The summed E-state index contributed by atoms with van der Waals surface area (Å²) < 4.78 is 5.49. The van der Waals surface area contributed by atoms with Crippen molar-refractivity contribution in [2.24, 2.45) is 0 Å². The lowest BCUT2D eigenvalue weighted by Gasteiger charge is -2.01. The van der Waals surface area contributed by atoms with E-state index >= 15 is 0 Å². The Hall–Kier alpha value is -1.24. The Balaban J connectivity index is 2.25. The first-order chi connectivity index (χ1) is 7.86. The summed E-state index contributed by atoms with van der Waals surface area (Å²) >= 11 is 0. The fourth-order valence-corrected chi connectivity index (χ4v) is 1.45. The van der Waals surface area contributed by atoms with Gasteiger partial charge in [0.2, 0.25) is 0 Å². The van der Waals surface area contributed by atoms with E-state index in [0.717, 1.165) is 12.2 Å². The van der Waals surface area contributed by atoms with Crippen LogP contribution in [0.5, 0.6) is 5.75 Å². The van der Waals surface area contributed by atoms with Gasteiger partial charge in [0, 0.05) is 0 Å². The molecular weight excluding hydrogens is 196 g/mol. The van der Waals surface area contributed by atoms with Gasteiger partial charge in [-0.25, -0.2) is 0 Å². The molecule has 0 saturated carbocycles. The molecule has 87 valence electrons. The van der Waals surface area contributed by atoms with Gasteiger partial charge in [-0.3, -0.25) is 0 Å². The Bertz CT molecular complexity index is 298. The summed E-state index contributed by atoms with van der Waals surface area (Å²) in [6.45, 7) is 4.25. The van der Waals surface area contributed by atoms with Gasteiger partial charge < -0.3 is 4.74 Å². The van der Waals surface area contributed by atoms with Gasteiger partial charge in [-0.1, -0.05) is 38.8 Å². The first-order valence-electron chi connectivity index (χ1n) is 6.08. The van der Waals surface area contributed by atoms with E-state index in [1.807, 2.05) is 19.1 Å². The molecule has 1 nitrogen and oxygen atoms in total. The van der Waals surface area contributed by atoms with Crippen LogP contribution in [-0.2, 0) is 0 Å². The van der Waals surface area contributed by atoms with Crippen molar-refractivity contribution in [1.29, 1.82) is 0 Å². The molecule has 0 N–H and O–H groups in total. The van der Waals surface area contributed by atoms with E-state index < -0.39 is 0 Å². The molecule has 1 radical (unpaired) electrons. The minimum Gasteiger partial charge on any atom is -0.465 e. The van der Waals surface area contributed by atoms with E-state index in [1.165, 1.54) is 24.8 Å². The maximum atomic E-state index is 5.49. The summed E-state index contributed by atoms with van der Waals surface area (Å²) in [5.41, 5.74) is 1.22. The van der Waals surface area contributed by atoms with Crippen LogP contribution >= 0.6 is 0 Å². The molecule has 0 fully saturated rings. The highest BCUT2D eigenvalue weighted by Gasteiger charge is 1.91. The van der Waals surface area contributed by atoms with Gasteiger partial charge in [0.05, 0.1) is 6.26 Å². The van der Waals surface area contributed by atoms with Crippen molar-refractivity contribution >= 4 is 0 Å². The van der Waals surface area contributed by atoms with E-state index in [4.69, 9.17) is 4.74 Å². The van der Waals surface area contributed by atoms with E-state index in [0.29, 0.717) is 0 Å². The molecule has 0 aliphatic heterocycles. The van der Waals surface area contributed by atoms with Crippen molar-refractivity contribution in [3.8, 4) is 5.75 Å². The molecule has 0 amide bonds. The van der Waals surface area contributed by atoms with Gasteiger partial charge in [-0.2, -0.15) is 0 Å². The van der Waals surface area contributed by atoms with Crippen LogP contribution in [0.1, 0.15) is 45.1 Å². The number of rotatable bonds is 7.